The molecule has 186 valence electrons. The van der Waals surface area contributed by atoms with E-state index in [1.54, 1.807) is 7.05 Å². The lowest BCUT2D eigenvalue weighted by atomic mass is 9.95. The summed E-state index contributed by atoms with van der Waals surface area (Å²) in [6, 6.07) is 0.621. The van der Waals surface area contributed by atoms with E-state index in [4.69, 9.17) is 4.74 Å². The molecule has 33 heavy (non-hydrogen) atoms. The maximum absolute atomic E-state index is 12.3. The number of amides is 4. The Hall–Kier alpha value is -1.97. The van der Waals surface area contributed by atoms with Crippen LogP contribution in [0.3, 0.4) is 0 Å². The van der Waals surface area contributed by atoms with Crippen LogP contribution in [0.4, 0.5) is 4.79 Å². The molecule has 10 heteroatoms. The normalized spacial score (nSPS) is 24.5. The minimum atomic E-state index is -0.448. The molecule has 0 bridgehead atoms. The number of hydrogen-bond donors (Lipinski definition) is 3. The number of nitrogens with zero attached hydrogens (tertiary/aromatic N) is 1. The first-order valence-corrected chi connectivity index (χ1v) is 13.3. The second-order valence-corrected chi connectivity index (χ2v) is 10.6. The number of unbranched alkanes of at least 4 members (excludes halogenated alkanes) is 1. The van der Waals surface area contributed by atoms with Gasteiger partial charge in [0.05, 0.1) is 18.7 Å². The van der Waals surface area contributed by atoms with E-state index < -0.39 is 5.97 Å². The molecule has 2 saturated heterocycles. The molecule has 3 atom stereocenters. The van der Waals surface area contributed by atoms with Gasteiger partial charge in [0.15, 0.2) is 0 Å². The number of fused-ring (bicyclic) bond motifs is 1. The van der Waals surface area contributed by atoms with Crippen LogP contribution in [-0.2, 0) is 19.1 Å². The Labute approximate surface area is 200 Å². The third kappa shape index (κ3) is 8.39. The fourth-order valence-electron chi connectivity index (χ4n) is 4.75. The highest BCUT2D eigenvalue weighted by molar-refractivity contribution is 8.00. The fourth-order valence-corrected chi connectivity index (χ4v) is 6.29. The van der Waals surface area contributed by atoms with Crippen LogP contribution >= 0.6 is 11.8 Å². The number of rotatable bonds is 12. The highest BCUT2D eigenvalue weighted by Gasteiger charge is 2.42. The Morgan fingerprint density at radius 1 is 1.09 bits per heavy atom. The number of nitrogens with one attached hydrogen (secondary N) is 3. The van der Waals surface area contributed by atoms with Gasteiger partial charge in [-0.1, -0.05) is 25.7 Å². The topological polar surface area (TPSA) is 117 Å². The van der Waals surface area contributed by atoms with E-state index in [1.165, 1.54) is 24.2 Å². The predicted octanol–water partition coefficient (Wildman–Crippen LogP) is 1.94. The summed E-state index contributed by atoms with van der Waals surface area (Å²) in [5.41, 5.74) is 0. The summed E-state index contributed by atoms with van der Waals surface area (Å²) in [6.07, 6.45) is 9.54. The van der Waals surface area contributed by atoms with Crippen LogP contribution in [0.1, 0.15) is 70.6 Å². The first kappa shape index (κ1) is 25.6. The third-order valence-electron chi connectivity index (χ3n) is 6.64. The van der Waals surface area contributed by atoms with Crippen molar-refractivity contribution >= 4 is 35.6 Å². The molecule has 3 N–H and O–H groups in total. The first-order valence-electron chi connectivity index (χ1n) is 12.3. The Balaban J connectivity index is 1.19. The number of esters is 1. The molecule has 0 spiro atoms. The molecule has 2 heterocycles. The molecule has 4 amide bonds. The average Bonchev–Trinajstić information content (AvgIpc) is 3.34. The predicted molar refractivity (Wildman–Crippen MR) is 127 cm³/mol. The van der Waals surface area contributed by atoms with E-state index >= 15 is 0 Å². The van der Waals surface area contributed by atoms with Crippen molar-refractivity contribution in [3.63, 3.8) is 0 Å². The van der Waals surface area contributed by atoms with Crippen LogP contribution in [0, 0.1) is 0 Å². The molecule has 9 nitrogen and oxygen atoms in total. The van der Waals surface area contributed by atoms with Crippen molar-refractivity contribution in [1.29, 1.82) is 0 Å². The van der Waals surface area contributed by atoms with Gasteiger partial charge in [0, 0.05) is 36.9 Å². The van der Waals surface area contributed by atoms with E-state index in [-0.39, 0.29) is 43.1 Å². The zero-order chi connectivity index (χ0) is 23.6. The summed E-state index contributed by atoms with van der Waals surface area (Å²) in [4.78, 5) is 49.1. The van der Waals surface area contributed by atoms with Crippen molar-refractivity contribution in [2.24, 2.45) is 0 Å². The van der Waals surface area contributed by atoms with Crippen molar-refractivity contribution in [2.45, 2.75) is 94.0 Å². The summed E-state index contributed by atoms with van der Waals surface area (Å²) >= 11 is 1.87. The number of hydrogen-bond acceptors (Lipinski definition) is 6. The van der Waals surface area contributed by atoms with Crippen LogP contribution in [0.25, 0.3) is 0 Å². The van der Waals surface area contributed by atoms with Crippen molar-refractivity contribution < 1.29 is 23.9 Å². The zero-order valence-electron chi connectivity index (χ0n) is 19.6. The largest absolute Gasteiger partial charge is 0.464 e. The Morgan fingerprint density at radius 3 is 2.67 bits per heavy atom. The molecule has 1 aliphatic carbocycles. The van der Waals surface area contributed by atoms with Crippen LogP contribution < -0.4 is 16.0 Å². The summed E-state index contributed by atoms with van der Waals surface area (Å²) < 4.78 is 5.19. The van der Waals surface area contributed by atoms with Gasteiger partial charge >= 0.3 is 12.0 Å². The van der Waals surface area contributed by atoms with Gasteiger partial charge in [0.2, 0.25) is 11.8 Å². The third-order valence-corrected chi connectivity index (χ3v) is 8.15. The SMILES string of the molecule is CN(CC(=O)OCCCC(=O)NC1CCCCC1)C(=O)CCCCC1SCC2NC(=O)NC21. The lowest BCUT2D eigenvalue weighted by Crippen LogP contribution is -2.36. The second kappa shape index (κ2) is 13.1. The van der Waals surface area contributed by atoms with Gasteiger partial charge in [0.1, 0.15) is 6.54 Å². The fraction of sp³-hybridized carbons (Fsp3) is 0.826. The van der Waals surface area contributed by atoms with Crippen LogP contribution in [0.5, 0.6) is 0 Å². The van der Waals surface area contributed by atoms with Gasteiger partial charge in [-0.05, 0) is 32.1 Å². The molecule has 3 rings (SSSR count). The summed E-state index contributed by atoms with van der Waals surface area (Å²) in [5, 5.41) is 9.36. The van der Waals surface area contributed by atoms with Gasteiger partial charge in [-0.3, -0.25) is 14.4 Å². The molecule has 3 unspecified atom stereocenters. The van der Waals surface area contributed by atoms with Crippen molar-refractivity contribution in [3.05, 3.63) is 0 Å². The number of carbonyl (C=O) groups excluding carboxylic acids is 4. The molecule has 3 fully saturated rings. The van der Waals surface area contributed by atoms with Crippen LogP contribution in [-0.4, -0.2) is 78.0 Å². The highest BCUT2D eigenvalue weighted by Crippen LogP contribution is 2.33. The molecular weight excluding hydrogens is 444 g/mol. The van der Waals surface area contributed by atoms with Crippen molar-refractivity contribution in [2.75, 3.05) is 26.0 Å². The van der Waals surface area contributed by atoms with Gasteiger partial charge in [-0.2, -0.15) is 11.8 Å². The quantitative estimate of drug-likeness (QED) is 0.222. The molecule has 0 aromatic rings. The van der Waals surface area contributed by atoms with E-state index in [0.29, 0.717) is 30.6 Å². The van der Waals surface area contributed by atoms with Crippen molar-refractivity contribution in [1.82, 2.24) is 20.9 Å². The van der Waals surface area contributed by atoms with E-state index in [2.05, 4.69) is 16.0 Å². The molecule has 3 aliphatic rings. The lowest BCUT2D eigenvalue weighted by molar-refractivity contribution is -0.148. The Morgan fingerprint density at radius 2 is 1.88 bits per heavy atom. The van der Waals surface area contributed by atoms with Gasteiger partial charge in [-0.15, -0.1) is 0 Å². The zero-order valence-corrected chi connectivity index (χ0v) is 20.4. The van der Waals surface area contributed by atoms with Crippen molar-refractivity contribution in [3.8, 4) is 0 Å². The monoisotopic (exact) mass is 482 g/mol. The minimum Gasteiger partial charge on any atom is -0.464 e. The van der Waals surface area contributed by atoms with Crippen LogP contribution in [0.15, 0.2) is 0 Å². The van der Waals surface area contributed by atoms with Crippen LogP contribution in [0.2, 0.25) is 0 Å². The van der Waals surface area contributed by atoms with E-state index in [0.717, 1.165) is 37.9 Å². The second-order valence-electron chi connectivity index (χ2n) is 9.34. The molecular formula is C23H38N4O5S. The number of thioether (sulfide) groups is 1. The maximum Gasteiger partial charge on any atom is 0.325 e. The van der Waals surface area contributed by atoms with Gasteiger partial charge in [-0.25, -0.2) is 4.79 Å². The minimum absolute atomic E-state index is 0.0170. The van der Waals surface area contributed by atoms with E-state index in [1.807, 2.05) is 11.8 Å². The molecule has 2 aliphatic heterocycles. The Kier molecular flexibility index (Phi) is 10.1. The van der Waals surface area contributed by atoms with Gasteiger partial charge < -0.3 is 25.6 Å². The van der Waals surface area contributed by atoms with E-state index in [9.17, 15) is 19.2 Å². The maximum atomic E-state index is 12.3. The first-order chi connectivity index (χ1) is 15.9. The summed E-state index contributed by atoms with van der Waals surface area (Å²) in [6.45, 7) is 0.110. The molecule has 0 aromatic carbocycles. The Bertz CT molecular complexity index is 700. The van der Waals surface area contributed by atoms with Gasteiger partial charge in [0.25, 0.3) is 0 Å². The smallest absolute Gasteiger partial charge is 0.325 e. The highest BCUT2D eigenvalue weighted by atomic mass is 32.2. The number of carbonyl (C=O) groups is 4. The number of ether oxygens (including phenoxy) is 1. The summed E-state index contributed by atoms with van der Waals surface area (Å²) in [5.74, 6) is 0.426. The molecule has 0 aromatic heterocycles. The lowest BCUT2D eigenvalue weighted by Gasteiger charge is -2.22. The molecule has 0 radical (unpaired) electrons. The number of urea groups is 1. The summed E-state index contributed by atoms with van der Waals surface area (Å²) in [7, 11) is 1.61. The molecule has 1 saturated carbocycles. The average molecular weight is 483 g/mol. The standard InChI is InChI=1S/C23H38N4O5S/c1-27(14-21(30)32-13-7-11-19(28)24-16-8-3-2-4-9-16)20(29)12-6-5-10-18-22-17(15-33-18)25-23(31)26-22/h16-18,22H,2-15H2,1H3,(H,24,28)(H2,25,26,31). The number of likely N-dealkylation sites (N-methyl/N-ethyl adjacent to an activating group) is 1.